The van der Waals surface area contributed by atoms with Crippen molar-refractivity contribution in [2.24, 2.45) is 11.8 Å². The minimum Gasteiger partial charge on any atom is -0.0851 e. The largest absolute Gasteiger partial charge is 0.0851 e. The molecule has 2 aromatic rings. The first-order valence-electron chi connectivity index (χ1n) is 10.5. The third kappa shape index (κ3) is 5.70. The number of hydrogen-bond donors (Lipinski definition) is 0. The van der Waals surface area contributed by atoms with Crippen LogP contribution in [0.15, 0.2) is 72.8 Å². The quantitative estimate of drug-likeness (QED) is 0.482. The normalized spacial score (nSPS) is 26.5. The van der Waals surface area contributed by atoms with Crippen LogP contribution in [0, 0.1) is 25.7 Å². The van der Waals surface area contributed by atoms with Crippen molar-refractivity contribution < 1.29 is 0 Å². The van der Waals surface area contributed by atoms with E-state index in [0.717, 1.165) is 11.8 Å². The van der Waals surface area contributed by atoms with Crippen LogP contribution >= 0.6 is 0 Å². The standard InChI is InChI=1S/C14H18.C13H16/c1-11-3-7-13(8-4-11)14-9-5-12(2)6-10-14;1-10-3-6-12(7-4-10)13-8-5-11(2)9-13/h3-5,7-9,12,14H,6,10H2,1-2H3;3-8,11,13H,9H2,1-2H3. The molecule has 2 aliphatic rings. The number of benzene rings is 2. The molecule has 2 aliphatic carbocycles. The van der Waals surface area contributed by atoms with Crippen LogP contribution in [-0.4, -0.2) is 0 Å². The first kappa shape index (κ1) is 19.7. The minimum absolute atomic E-state index is 0.659. The van der Waals surface area contributed by atoms with E-state index in [9.17, 15) is 0 Å². The molecule has 0 heteroatoms. The van der Waals surface area contributed by atoms with E-state index < -0.39 is 0 Å². The van der Waals surface area contributed by atoms with E-state index in [1.807, 2.05) is 0 Å². The molecule has 0 fully saturated rings. The summed E-state index contributed by atoms with van der Waals surface area (Å²) in [5, 5.41) is 0. The lowest BCUT2D eigenvalue weighted by Gasteiger charge is -2.20. The number of hydrogen-bond acceptors (Lipinski definition) is 0. The van der Waals surface area contributed by atoms with Gasteiger partial charge in [0.2, 0.25) is 0 Å². The van der Waals surface area contributed by atoms with Gasteiger partial charge in [-0.25, -0.2) is 0 Å². The zero-order valence-electron chi connectivity index (χ0n) is 17.4. The Bertz CT molecular complexity index is 761. The maximum absolute atomic E-state index is 2.37. The van der Waals surface area contributed by atoms with Crippen LogP contribution in [0.4, 0.5) is 0 Å². The van der Waals surface area contributed by atoms with Crippen LogP contribution in [0.2, 0.25) is 0 Å². The molecule has 0 amide bonds. The fraction of sp³-hybridized carbons (Fsp3) is 0.407. The van der Waals surface area contributed by atoms with E-state index in [0.29, 0.717) is 11.8 Å². The second-order valence-corrected chi connectivity index (χ2v) is 8.57. The lowest BCUT2D eigenvalue weighted by Crippen LogP contribution is -2.04. The van der Waals surface area contributed by atoms with Crippen molar-refractivity contribution in [2.45, 2.75) is 58.8 Å². The molecule has 4 rings (SSSR count). The lowest BCUT2D eigenvalue weighted by molar-refractivity contribution is 0.545. The van der Waals surface area contributed by atoms with Crippen LogP contribution in [0.3, 0.4) is 0 Å². The lowest BCUT2D eigenvalue weighted by atomic mass is 9.85. The first-order chi connectivity index (χ1) is 13.0. The third-order valence-corrected chi connectivity index (χ3v) is 5.91. The summed E-state index contributed by atoms with van der Waals surface area (Å²) < 4.78 is 0. The average molecular weight is 359 g/mol. The third-order valence-electron chi connectivity index (χ3n) is 5.91. The van der Waals surface area contributed by atoms with Gasteiger partial charge in [-0.05, 0) is 56.1 Å². The van der Waals surface area contributed by atoms with Gasteiger partial charge < -0.3 is 0 Å². The van der Waals surface area contributed by atoms with Gasteiger partial charge in [-0.15, -0.1) is 0 Å². The number of allylic oxidation sites excluding steroid dienone is 4. The van der Waals surface area contributed by atoms with E-state index in [2.05, 4.69) is 101 Å². The minimum atomic E-state index is 0.659. The Morgan fingerprint density at radius 1 is 0.556 bits per heavy atom. The van der Waals surface area contributed by atoms with E-state index in [4.69, 9.17) is 0 Å². The molecule has 0 bridgehead atoms. The number of aryl methyl sites for hydroxylation is 2. The predicted molar refractivity (Wildman–Crippen MR) is 118 cm³/mol. The molecule has 0 aliphatic heterocycles. The zero-order valence-corrected chi connectivity index (χ0v) is 17.4. The predicted octanol–water partition coefficient (Wildman–Crippen LogP) is 7.74. The van der Waals surface area contributed by atoms with Crippen molar-refractivity contribution in [3.8, 4) is 0 Å². The molecule has 0 nitrogen and oxygen atoms in total. The highest BCUT2D eigenvalue weighted by Crippen LogP contribution is 2.32. The average Bonchev–Trinajstić information content (AvgIpc) is 3.11. The van der Waals surface area contributed by atoms with Crippen molar-refractivity contribution in [3.05, 3.63) is 95.1 Å². The monoisotopic (exact) mass is 358 g/mol. The molecule has 0 spiro atoms. The Kier molecular flexibility index (Phi) is 6.72. The van der Waals surface area contributed by atoms with Gasteiger partial charge in [-0.3, -0.25) is 0 Å². The van der Waals surface area contributed by atoms with Crippen molar-refractivity contribution in [1.82, 2.24) is 0 Å². The van der Waals surface area contributed by atoms with Crippen molar-refractivity contribution in [1.29, 1.82) is 0 Å². The summed E-state index contributed by atoms with van der Waals surface area (Å²) in [7, 11) is 0. The summed E-state index contributed by atoms with van der Waals surface area (Å²) in [6, 6.07) is 17.9. The van der Waals surface area contributed by atoms with Crippen molar-refractivity contribution >= 4 is 0 Å². The Morgan fingerprint density at radius 2 is 1.04 bits per heavy atom. The van der Waals surface area contributed by atoms with Crippen LogP contribution in [0.1, 0.15) is 67.2 Å². The van der Waals surface area contributed by atoms with Crippen molar-refractivity contribution in [2.75, 3.05) is 0 Å². The number of rotatable bonds is 2. The Hall–Kier alpha value is -2.08. The van der Waals surface area contributed by atoms with Gasteiger partial charge in [0, 0.05) is 11.8 Å². The van der Waals surface area contributed by atoms with E-state index in [1.54, 1.807) is 0 Å². The van der Waals surface area contributed by atoms with Gasteiger partial charge in [-0.2, -0.15) is 0 Å². The molecule has 2 aromatic carbocycles. The van der Waals surface area contributed by atoms with E-state index in [1.165, 1.54) is 41.5 Å². The van der Waals surface area contributed by atoms with Crippen LogP contribution < -0.4 is 0 Å². The highest BCUT2D eigenvalue weighted by atomic mass is 14.2. The van der Waals surface area contributed by atoms with Gasteiger partial charge in [0.25, 0.3) is 0 Å². The summed E-state index contributed by atoms with van der Waals surface area (Å²) in [6.45, 7) is 8.85. The molecule has 27 heavy (non-hydrogen) atoms. The fourth-order valence-corrected chi connectivity index (χ4v) is 3.99. The Morgan fingerprint density at radius 3 is 1.48 bits per heavy atom. The summed E-state index contributed by atoms with van der Waals surface area (Å²) in [4.78, 5) is 0. The smallest absolute Gasteiger partial charge is 0.00235 e. The Labute approximate surface area is 166 Å². The van der Waals surface area contributed by atoms with Gasteiger partial charge in [0.1, 0.15) is 0 Å². The molecular formula is C27H34. The van der Waals surface area contributed by atoms with Gasteiger partial charge in [-0.1, -0.05) is 97.8 Å². The van der Waals surface area contributed by atoms with Crippen LogP contribution in [-0.2, 0) is 0 Å². The van der Waals surface area contributed by atoms with Crippen LogP contribution in [0.5, 0.6) is 0 Å². The summed E-state index contributed by atoms with van der Waals surface area (Å²) in [6.07, 6.45) is 13.3. The molecular weight excluding hydrogens is 324 g/mol. The van der Waals surface area contributed by atoms with Crippen molar-refractivity contribution in [3.63, 3.8) is 0 Å². The van der Waals surface area contributed by atoms with E-state index >= 15 is 0 Å². The molecule has 0 N–H and O–H groups in total. The van der Waals surface area contributed by atoms with E-state index in [-0.39, 0.29) is 0 Å². The first-order valence-corrected chi connectivity index (χ1v) is 10.5. The Balaban J connectivity index is 0.000000156. The highest BCUT2D eigenvalue weighted by molar-refractivity contribution is 5.30. The highest BCUT2D eigenvalue weighted by Gasteiger charge is 2.16. The second-order valence-electron chi connectivity index (χ2n) is 8.57. The maximum Gasteiger partial charge on any atom is 0.00235 e. The molecule has 0 radical (unpaired) electrons. The van der Waals surface area contributed by atoms with Gasteiger partial charge >= 0.3 is 0 Å². The topological polar surface area (TPSA) is 0 Å². The zero-order chi connectivity index (χ0) is 19.2. The van der Waals surface area contributed by atoms with Gasteiger partial charge in [0.05, 0.1) is 0 Å². The van der Waals surface area contributed by atoms with Crippen LogP contribution in [0.25, 0.3) is 0 Å². The second kappa shape index (κ2) is 9.22. The molecule has 0 saturated heterocycles. The maximum atomic E-state index is 2.37. The summed E-state index contributed by atoms with van der Waals surface area (Å²) >= 11 is 0. The molecule has 0 saturated carbocycles. The molecule has 0 heterocycles. The molecule has 4 atom stereocenters. The molecule has 4 unspecified atom stereocenters. The summed E-state index contributed by atoms with van der Waals surface area (Å²) in [5.41, 5.74) is 5.63. The molecule has 142 valence electrons. The molecule has 0 aromatic heterocycles. The SMILES string of the molecule is Cc1ccc(C2C=CC(C)C2)cc1.Cc1ccc(C2C=CC(C)CC2)cc1. The van der Waals surface area contributed by atoms with Gasteiger partial charge in [0.15, 0.2) is 0 Å². The fourth-order valence-electron chi connectivity index (χ4n) is 3.99. The summed E-state index contributed by atoms with van der Waals surface area (Å²) in [5.74, 6) is 2.85.